The molecule has 21 heavy (non-hydrogen) atoms. The molecule has 0 spiro atoms. The Hall–Kier alpha value is -2.79. The van der Waals surface area contributed by atoms with Crippen LogP contribution in [0, 0.1) is 17.1 Å². The minimum Gasteiger partial charge on any atom is -0.349 e. The Bertz CT molecular complexity index is 626. The Morgan fingerprint density at radius 3 is 2.95 bits per heavy atom. The zero-order chi connectivity index (χ0) is 15.1. The van der Waals surface area contributed by atoms with Gasteiger partial charge in [0, 0.05) is 25.5 Å². The number of nitrogens with two attached hydrogens (primary N) is 1. The number of nitriles is 1. The van der Waals surface area contributed by atoms with Crippen molar-refractivity contribution >= 4 is 11.8 Å². The van der Waals surface area contributed by atoms with Crippen LogP contribution in [0.3, 0.4) is 0 Å². The third-order valence-electron chi connectivity index (χ3n) is 2.74. The van der Waals surface area contributed by atoms with Gasteiger partial charge in [-0.25, -0.2) is 15.2 Å². The van der Waals surface area contributed by atoms with E-state index in [1.165, 1.54) is 0 Å². The number of aromatic nitrogens is 3. The van der Waals surface area contributed by atoms with Crippen LogP contribution in [0.2, 0.25) is 0 Å². The van der Waals surface area contributed by atoms with E-state index in [0.717, 1.165) is 11.8 Å². The molecule has 2 aromatic heterocycles. The molecule has 0 aromatic carbocycles. The van der Waals surface area contributed by atoms with Crippen LogP contribution in [-0.4, -0.2) is 21.5 Å². The fourth-order valence-corrected chi connectivity index (χ4v) is 1.81. The maximum Gasteiger partial charge on any atom is 0.239 e. The van der Waals surface area contributed by atoms with Gasteiger partial charge in [0.25, 0.3) is 0 Å². The second-order valence-corrected chi connectivity index (χ2v) is 4.20. The van der Waals surface area contributed by atoms with Crippen molar-refractivity contribution in [3.63, 3.8) is 0 Å². The summed E-state index contributed by atoms with van der Waals surface area (Å²) in [4.78, 5) is 13.4. The van der Waals surface area contributed by atoms with Gasteiger partial charge in [-0.05, 0) is 11.6 Å². The van der Waals surface area contributed by atoms with E-state index >= 15 is 0 Å². The number of nitrogens with one attached hydrogen (secondary N) is 1. The average molecular weight is 287 g/mol. The maximum absolute atomic E-state index is 14.0. The number of hydrogen-bond acceptors (Lipinski definition) is 7. The van der Waals surface area contributed by atoms with Crippen LogP contribution in [0.5, 0.6) is 0 Å². The molecule has 7 nitrogen and oxygen atoms in total. The van der Waals surface area contributed by atoms with E-state index in [0.29, 0.717) is 13.1 Å². The molecule has 0 fully saturated rings. The van der Waals surface area contributed by atoms with Crippen LogP contribution in [0.25, 0.3) is 0 Å². The summed E-state index contributed by atoms with van der Waals surface area (Å²) in [5.74, 6) is 4.88. The second kappa shape index (κ2) is 7.12. The Morgan fingerprint density at radius 2 is 2.29 bits per heavy atom. The summed E-state index contributed by atoms with van der Waals surface area (Å²) >= 11 is 0. The van der Waals surface area contributed by atoms with Gasteiger partial charge in [-0.2, -0.15) is 10.2 Å². The lowest BCUT2D eigenvalue weighted by Gasteiger charge is -2.23. The van der Waals surface area contributed by atoms with Gasteiger partial charge >= 0.3 is 0 Å². The van der Waals surface area contributed by atoms with E-state index in [1.54, 1.807) is 23.4 Å². The summed E-state index contributed by atoms with van der Waals surface area (Å²) in [6.07, 6.45) is 4.63. The minimum absolute atomic E-state index is 0.0945. The van der Waals surface area contributed by atoms with E-state index in [1.807, 2.05) is 12.1 Å². The molecule has 8 heteroatoms. The van der Waals surface area contributed by atoms with Crippen LogP contribution in [0.15, 0.2) is 30.7 Å². The first-order valence-corrected chi connectivity index (χ1v) is 6.24. The second-order valence-electron chi connectivity index (χ2n) is 4.20. The van der Waals surface area contributed by atoms with E-state index in [9.17, 15) is 4.39 Å². The number of nitrogens with zero attached hydrogens (tertiary/aromatic N) is 5. The summed E-state index contributed by atoms with van der Waals surface area (Å²) in [5, 5.41) is 8.75. The first-order chi connectivity index (χ1) is 10.2. The number of hydrogen-bond donors (Lipinski definition) is 2. The number of rotatable bonds is 6. The molecule has 0 aliphatic heterocycles. The number of halogens is 1. The highest BCUT2D eigenvalue weighted by Gasteiger charge is 2.15. The molecular weight excluding hydrogens is 273 g/mol. The van der Waals surface area contributed by atoms with Crippen molar-refractivity contribution in [3.8, 4) is 6.07 Å². The molecule has 108 valence electrons. The number of hydrazine groups is 1. The van der Waals surface area contributed by atoms with Crippen LogP contribution in [0.1, 0.15) is 12.0 Å². The van der Waals surface area contributed by atoms with Gasteiger partial charge in [0.15, 0.2) is 11.6 Å². The molecule has 0 bridgehead atoms. The van der Waals surface area contributed by atoms with E-state index in [2.05, 4.69) is 20.4 Å². The predicted molar refractivity (Wildman–Crippen MR) is 75.3 cm³/mol. The Morgan fingerprint density at radius 1 is 1.43 bits per heavy atom. The molecule has 2 rings (SSSR count). The van der Waals surface area contributed by atoms with Gasteiger partial charge in [0.1, 0.15) is 0 Å². The highest BCUT2D eigenvalue weighted by Crippen LogP contribution is 2.19. The van der Waals surface area contributed by atoms with Gasteiger partial charge in [-0.15, -0.1) is 0 Å². The molecule has 0 radical (unpaired) electrons. The van der Waals surface area contributed by atoms with Crippen molar-refractivity contribution in [1.82, 2.24) is 15.0 Å². The molecule has 0 aliphatic carbocycles. The Labute approximate surface area is 121 Å². The van der Waals surface area contributed by atoms with Crippen LogP contribution in [0.4, 0.5) is 16.2 Å². The molecule has 0 saturated carbocycles. The standard InChI is InChI=1S/C13H14FN7/c14-11-8-18-13(20-16)19-12(11)21(6-2-4-15)9-10-3-1-5-17-7-10/h1,3,5,7-8H,2,6,9,16H2,(H,18,19,20). The number of anilines is 2. The van der Waals surface area contributed by atoms with E-state index in [4.69, 9.17) is 11.1 Å². The molecule has 0 atom stereocenters. The van der Waals surface area contributed by atoms with Gasteiger partial charge in [0.05, 0.1) is 18.7 Å². The monoisotopic (exact) mass is 287 g/mol. The predicted octanol–water partition coefficient (Wildman–Crippen LogP) is 1.22. The fraction of sp³-hybridized carbons (Fsp3) is 0.231. The maximum atomic E-state index is 14.0. The van der Waals surface area contributed by atoms with Gasteiger partial charge in [-0.1, -0.05) is 6.07 Å². The third-order valence-corrected chi connectivity index (χ3v) is 2.74. The van der Waals surface area contributed by atoms with Crippen molar-refractivity contribution < 1.29 is 4.39 Å². The molecule has 0 saturated heterocycles. The molecule has 3 N–H and O–H groups in total. The van der Waals surface area contributed by atoms with Crippen LogP contribution in [-0.2, 0) is 6.54 Å². The van der Waals surface area contributed by atoms with Crippen molar-refractivity contribution in [1.29, 1.82) is 5.26 Å². The molecule has 2 aromatic rings. The normalized spacial score (nSPS) is 9.95. The highest BCUT2D eigenvalue weighted by atomic mass is 19.1. The lowest BCUT2D eigenvalue weighted by Crippen LogP contribution is -2.26. The summed E-state index contributed by atoms with van der Waals surface area (Å²) in [6.45, 7) is 0.719. The zero-order valence-corrected chi connectivity index (χ0v) is 11.2. The van der Waals surface area contributed by atoms with Crippen molar-refractivity contribution in [2.75, 3.05) is 16.9 Å². The molecule has 0 unspecified atom stereocenters. The van der Waals surface area contributed by atoms with Crippen molar-refractivity contribution in [3.05, 3.63) is 42.1 Å². The number of pyridine rings is 1. The molecule has 2 heterocycles. The first-order valence-electron chi connectivity index (χ1n) is 6.24. The fourth-order valence-electron chi connectivity index (χ4n) is 1.81. The lowest BCUT2D eigenvalue weighted by atomic mass is 10.2. The first kappa shape index (κ1) is 14.6. The topological polar surface area (TPSA) is 104 Å². The summed E-state index contributed by atoms with van der Waals surface area (Å²) < 4.78 is 14.0. The van der Waals surface area contributed by atoms with Crippen LogP contribution >= 0.6 is 0 Å². The summed E-state index contributed by atoms with van der Waals surface area (Å²) in [5.41, 5.74) is 3.16. The van der Waals surface area contributed by atoms with Crippen LogP contribution < -0.4 is 16.2 Å². The largest absolute Gasteiger partial charge is 0.349 e. The average Bonchev–Trinajstić information content (AvgIpc) is 2.53. The quantitative estimate of drug-likeness (QED) is 0.608. The smallest absolute Gasteiger partial charge is 0.239 e. The lowest BCUT2D eigenvalue weighted by molar-refractivity contribution is 0.600. The zero-order valence-electron chi connectivity index (χ0n) is 11.2. The molecule has 0 amide bonds. The third kappa shape index (κ3) is 3.84. The highest BCUT2D eigenvalue weighted by molar-refractivity contribution is 5.44. The Kier molecular flexibility index (Phi) is 4.95. The van der Waals surface area contributed by atoms with Crippen molar-refractivity contribution in [2.24, 2.45) is 5.84 Å². The van der Waals surface area contributed by atoms with E-state index in [-0.39, 0.29) is 18.2 Å². The SMILES string of the molecule is N#CCCN(Cc1cccnc1)c1nc(NN)ncc1F. The summed E-state index contributed by atoms with van der Waals surface area (Å²) in [6, 6.07) is 5.70. The minimum atomic E-state index is -0.573. The van der Waals surface area contributed by atoms with Gasteiger partial charge < -0.3 is 4.90 Å². The molecule has 0 aliphatic rings. The number of nitrogen functional groups attached to an aromatic ring is 1. The molecular formula is C13H14FN7. The van der Waals surface area contributed by atoms with E-state index < -0.39 is 5.82 Å². The van der Waals surface area contributed by atoms with Gasteiger partial charge in [-0.3, -0.25) is 10.4 Å². The van der Waals surface area contributed by atoms with Crippen molar-refractivity contribution in [2.45, 2.75) is 13.0 Å². The Balaban J connectivity index is 2.29. The summed E-state index contributed by atoms with van der Waals surface area (Å²) in [7, 11) is 0. The van der Waals surface area contributed by atoms with Gasteiger partial charge in [0.2, 0.25) is 5.95 Å².